The third-order valence-corrected chi connectivity index (χ3v) is 7.09. The van der Waals surface area contributed by atoms with Crippen LogP contribution >= 0.6 is 47.2 Å². The fourth-order valence-corrected chi connectivity index (χ4v) is 5.46. The van der Waals surface area contributed by atoms with Crippen LogP contribution in [0, 0.1) is 0 Å². The lowest BCUT2D eigenvalue weighted by molar-refractivity contribution is -0.123. The van der Waals surface area contributed by atoms with Gasteiger partial charge in [0.25, 0.3) is 11.8 Å². The molecule has 1 unspecified atom stereocenters. The summed E-state index contributed by atoms with van der Waals surface area (Å²) in [6, 6.07) is 9.94. The minimum Gasteiger partial charge on any atom is -0.493 e. The molecule has 2 aromatic carbocycles. The molecule has 2 amide bonds. The van der Waals surface area contributed by atoms with Gasteiger partial charge < -0.3 is 19.5 Å². The summed E-state index contributed by atoms with van der Waals surface area (Å²) in [7, 11) is 1.50. The molecule has 0 aliphatic carbocycles. The molecule has 4 rings (SSSR count). The van der Waals surface area contributed by atoms with E-state index in [4.69, 9.17) is 49.6 Å². The normalized spacial score (nSPS) is 18.9. The molecule has 11 heteroatoms. The first-order valence-electron chi connectivity index (χ1n) is 10.8. The van der Waals surface area contributed by atoms with Crippen molar-refractivity contribution in [2.45, 2.75) is 18.9 Å². The summed E-state index contributed by atoms with van der Waals surface area (Å²) < 4.78 is 17.2. The molecule has 0 saturated carbocycles. The number of anilines is 1. The summed E-state index contributed by atoms with van der Waals surface area (Å²) in [5.41, 5.74) is 1.21. The Morgan fingerprint density at radius 1 is 1.26 bits per heavy atom. The molecule has 0 aromatic heterocycles. The molecular formula is C24H22Cl2N2O5S2. The van der Waals surface area contributed by atoms with Gasteiger partial charge in [-0.2, -0.15) is 0 Å². The second-order valence-electron chi connectivity index (χ2n) is 7.83. The molecule has 0 spiro atoms. The summed E-state index contributed by atoms with van der Waals surface area (Å²) in [6.07, 6.45) is 3.72. The highest BCUT2D eigenvalue weighted by atomic mass is 35.5. The minimum atomic E-state index is -0.385. The summed E-state index contributed by atoms with van der Waals surface area (Å²) in [6.45, 7) is 0.948. The first-order chi connectivity index (χ1) is 16.8. The van der Waals surface area contributed by atoms with Crippen LogP contribution in [-0.4, -0.2) is 54.0 Å². The van der Waals surface area contributed by atoms with E-state index in [0.29, 0.717) is 43.0 Å². The number of nitrogens with zero attached hydrogens (tertiary/aromatic N) is 1. The Morgan fingerprint density at radius 3 is 2.71 bits per heavy atom. The van der Waals surface area contributed by atoms with Crippen molar-refractivity contribution in [1.82, 2.24) is 4.90 Å². The number of ether oxygens (including phenoxy) is 3. The Labute approximate surface area is 222 Å². The molecular weight excluding hydrogens is 531 g/mol. The molecule has 0 radical (unpaired) electrons. The van der Waals surface area contributed by atoms with Crippen LogP contribution in [0.15, 0.2) is 41.3 Å². The van der Waals surface area contributed by atoms with E-state index in [-0.39, 0.29) is 24.5 Å². The van der Waals surface area contributed by atoms with Crippen LogP contribution in [0.25, 0.3) is 6.08 Å². The van der Waals surface area contributed by atoms with Gasteiger partial charge in [0.15, 0.2) is 18.1 Å². The van der Waals surface area contributed by atoms with Crippen LogP contribution < -0.4 is 14.8 Å². The van der Waals surface area contributed by atoms with E-state index in [9.17, 15) is 9.59 Å². The molecule has 2 aromatic rings. The predicted molar refractivity (Wildman–Crippen MR) is 142 cm³/mol. The molecule has 7 nitrogen and oxygen atoms in total. The molecule has 2 fully saturated rings. The number of hydrogen-bond acceptors (Lipinski definition) is 7. The van der Waals surface area contributed by atoms with Gasteiger partial charge in [-0.05, 0) is 54.8 Å². The number of rotatable bonds is 8. The zero-order valence-electron chi connectivity index (χ0n) is 18.7. The van der Waals surface area contributed by atoms with Crippen molar-refractivity contribution in [1.29, 1.82) is 0 Å². The lowest BCUT2D eigenvalue weighted by Crippen LogP contribution is -2.35. The summed E-state index contributed by atoms with van der Waals surface area (Å²) >= 11 is 18.6. The Bertz CT molecular complexity index is 1160. The molecule has 1 atom stereocenters. The molecule has 1 N–H and O–H groups in total. The zero-order chi connectivity index (χ0) is 24.9. The fourth-order valence-electron chi connectivity index (χ4n) is 3.66. The van der Waals surface area contributed by atoms with E-state index < -0.39 is 0 Å². The van der Waals surface area contributed by atoms with Crippen molar-refractivity contribution >= 4 is 75.1 Å². The molecule has 0 bridgehead atoms. The van der Waals surface area contributed by atoms with Crippen LogP contribution in [0.1, 0.15) is 18.4 Å². The van der Waals surface area contributed by atoms with Crippen LogP contribution in [-0.2, 0) is 14.3 Å². The number of methoxy groups -OCH3 is 1. The first kappa shape index (κ1) is 25.8. The van der Waals surface area contributed by atoms with Gasteiger partial charge >= 0.3 is 0 Å². The lowest BCUT2D eigenvalue weighted by Gasteiger charge is -2.18. The fraction of sp³-hybridized carbons (Fsp3) is 0.292. The highest BCUT2D eigenvalue weighted by molar-refractivity contribution is 8.26. The Hall–Kier alpha value is -2.30. The number of halogens is 2. The molecule has 2 heterocycles. The van der Waals surface area contributed by atoms with Crippen LogP contribution in [0.2, 0.25) is 10.0 Å². The third-order valence-electron chi connectivity index (χ3n) is 5.27. The average molecular weight is 553 g/mol. The van der Waals surface area contributed by atoms with Crippen molar-refractivity contribution in [3.05, 3.63) is 56.9 Å². The maximum Gasteiger partial charge on any atom is 0.266 e. The number of hydrogen-bond donors (Lipinski definition) is 1. The highest BCUT2D eigenvalue weighted by Gasteiger charge is 2.34. The van der Waals surface area contributed by atoms with Crippen LogP contribution in [0.4, 0.5) is 5.69 Å². The number of amides is 2. The maximum absolute atomic E-state index is 12.9. The molecule has 184 valence electrons. The smallest absolute Gasteiger partial charge is 0.266 e. The van der Waals surface area contributed by atoms with E-state index in [1.807, 2.05) is 0 Å². The first-order valence-corrected chi connectivity index (χ1v) is 12.7. The van der Waals surface area contributed by atoms with Gasteiger partial charge in [0, 0.05) is 22.3 Å². The monoisotopic (exact) mass is 552 g/mol. The number of nitrogens with one attached hydrogen (secondary N) is 1. The van der Waals surface area contributed by atoms with Crippen LogP contribution in [0.3, 0.4) is 0 Å². The minimum absolute atomic E-state index is 0.0291. The summed E-state index contributed by atoms with van der Waals surface area (Å²) in [4.78, 5) is 27.3. The second kappa shape index (κ2) is 11.6. The van der Waals surface area contributed by atoms with Crippen molar-refractivity contribution < 1.29 is 23.8 Å². The Morgan fingerprint density at radius 2 is 2.03 bits per heavy atom. The van der Waals surface area contributed by atoms with Gasteiger partial charge in [-0.15, -0.1) is 0 Å². The van der Waals surface area contributed by atoms with E-state index >= 15 is 0 Å². The van der Waals surface area contributed by atoms with Gasteiger partial charge in [-0.1, -0.05) is 53.2 Å². The zero-order valence-corrected chi connectivity index (χ0v) is 21.9. The van der Waals surface area contributed by atoms with Crippen molar-refractivity contribution in [3.8, 4) is 11.5 Å². The molecule has 2 aliphatic heterocycles. The number of carbonyl (C=O) groups excluding carboxylic acids is 2. The summed E-state index contributed by atoms with van der Waals surface area (Å²) in [5, 5.41) is 3.50. The molecule has 35 heavy (non-hydrogen) atoms. The van der Waals surface area contributed by atoms with Crippen molar-refractivity contribution in [2.75, 3.05) is 32.2 Å². The largest absolute Gasteiger partial charge is 0.493 e. The van der Waals surface area contributed by atoms with E-state index in [0.717, 1.165) is 25.0 Å². The average Bonchev–Trinajstić information content (AvgIpc) is 3.41. The quantitative estimate of drug-likeness (QED) is 0.347. The van der Waals surface area contributed by atoms with E-state index in [2.05, 4.69) is 5.32 Å². The SMILES string of the molecule is COc1cc(C=C2SC(=S)N(CC3CCCO3)C2=O)ccc1OCC(=O)Nc1cc(Cl)cc(Cl)c1. The Kier molecular flexibility index (Phi) is 8.56. The standard InChI is InChI=1S/C24H22Cl2N2O5S2/c1-31-20-7-14(8-21-23(30)28(24(34)35-21)12-18-3-2-6-32-18)4-5-19(20)33-13-22(29)27-17-10-15(25)9-16(26)11-17/h4-5,7-11,18H,2-3,6,12-13H2,1H3,(H,27,29). The molecule has 2 saturated heterocycles. The number of carbonyl (C=O) groups is 2. The molecule has 2 aliphatic rings. The predicted octanol–water partition coefficient (Wildman–Crippen LogP) is 5.40. The lowest BCUT2D eigenvalue weighted by atomic mass is 10.1. The Balaban J connectivity index is 1.39. The summed E-state index contributed by atoms with van der Waals surface area (Å²) in [5.74, 6) is 0.291. The van der Waals surface area contributed by atoms with E-state index in [1.165, 1.54) is 18.9 Å². The van der Waals surface area contributed by atoms with Crippen molar-refractivity contribution in [2.24, 2.45) is 0 Å². The maximum atomic E-state index is 12.9. The van der Waals surface area contributed by atoms with Crippen molar-refractivity contribution in [3.63, 3.8) is 0 Å². The number of thioether (sulfide) groups is 1. The van der Waals surface area contributed by atoms with Gasteiger partial charge in [0.2, 0.25) is 0 Å². The second-order valence-corrected chi connectivity index (χ2v) is 10.4. The van der Waals surface area contributed by atoms with E-state index in [1.54, 1.807) is 47.4 Å². The topological polar surface area (TPSA) is 77.1 Å². The number of benzene rings is 2. The highest BCUT2D eigenvalue weighted by Crippen LogP contribution is 2.35. The van der Waals surface area contributed by atoms with Gasteiger partial charge in [-0.3, -0.25) is 14.5 Å². The number of thiocarbonyl (C=S) groups is 1. The van der Waals surface area contributed by atoms with Crippen LogP contribution in [0.5, 0.6) is 11.5 Å². The van der Waals surface area contributed by atoms with Gasteiger partial charge in [0.1, 0.15) is 4.32 Å². The van der Waals surface area contributed by atoms with Gasteiger partial charge in [0.05, 0.1) is 24.7 Å². The third kappa shape index (κ3) is 6.68. The van der Waals surface area contributed by atoms with Gasteiger partial charge in [-0.25, -0.2) is 0 Å².